The zero-order valence-corrected chi connectivity index (χ0v) is 21.8. The lowest BCUT2D eigenvalue weighted by Gasteiger charge is -2.37. The topological polar surface area (TPSA) is 87.7 Å². The first-order valence-electron chi connectivity index (χ1n) is 9.95. The minimum atomic E-state index is -2.97. The quantitative estimate of drug-likeness (QED) is 0.309. The van der Waals surface area contributed by atoms with E-state index >= 15 is 0 Å². The van der Waals surface area contributed by atoms with Gasteiger partial charge in [-0.05, 0) is 35.4 Å². The Labute approximate surface area is 220 Å². The lowest BCUT2D eigenvalue weighted by molar-refractivity contribution is -0.144. The van der Waals surface area contributed by atoms with Crippen LogP contribution in [0.25, 0.3) is 0 Å². The van der Waals surface area contributed by atoms with Crippen LogP contribution in [0.1, 0.15) is 11.1 Å². The van der Waals surface area contributed by atoms with Crippen LogP contribution in [0.3, 0.4) is 0 Å². The van der Waals surface area contributed by atoms with Crippen LogP contribution in [-0.4, -0.2) is 55.5 Å². The van der Waals surface area contributed by atoms with Gasteiger partial charge in [0, 0.05) is 8.95 Å². The van der Waals surface area contributed by atoms with Gasteiger partial charge in [-0.3, -0.25) is 9.59 Å². The fourth-order valence-electron chi connectivity index (χ4n) is 3.29. The molecule has 2 atom stereocenters. The number of carbonyl (C=O) groups excluding carboxylic acids is 2. The summed E-state index contributed by atoms with van der Waals surface area (Å²) < 4.78 is 59.2. The van der Waals surface area contributed by atoms with Crippen LogP contribution in [0.5, 0.6) is 0 Å². The van der Waals surface area contributed by atoms with Crippen molar-refractivity contribution in [3.63, 3.8) is 0 Å². The van der Waals surface area contributed by atoms with Crippen molar-refractivity contribution in [1.82, 2.24) is 10.6 Å². The molecule has 1 aliphatic rings. The summed E-state index contributed by atoms with van der Waals surface area (Å²) in [4.78, 5) is 22.5. The number of alkyl halides is 5. The van der Waals surface area contributed by atoms with Crippen molar-refractivity contribution in [3.05, 3.63) is 68.6 Å². The molecule has 2 aromatic rings. The predicted octanol–water partition coefficient (Wildman–Crippen LogP) is 4.31. The lowest BCUT2D eigenvalue weighted by Crippen LogP contribution is -2.58. The lowest BCUT2D eigenvalue weighted by atomic mass is 9.90. The van der Waals surface area contributed by atoms with E-state index in [1.165, 1.54) is 12.1 Å². The van der Waals surface area contributed by atoms with E-state index in [0.29, 0.717) is 14.5 Å². The van der Waals surface area contributed by atoms with Crippen LogP contribution in [0.4, 0.5) is 17.6 Å². The molecule has 0 spiro atoms. The van der Waals surface area contributed by atoms with E-state index in [0.717, 1.165) is 0 Å². The third-order valence-corrected chi connectivity index (χ3v) is 6.31. The van der Waals surface area contributed by atoms with Crippen LogP contribution in [0.2, 0.25) is 0 Å². The molecule has 35 heavy (non-hydrogen) atoms. The fourth-order valence-corrected chi connectivity index (χ4v) is 4.16. The Bertz CT molecular complexity index is 1040. The fraction of sp³-hybridized carbons (Fsp3) is 0.364. The number of hydrogen-bond acceptors (Lipinski definition) is 4. The zero-order chi connectivity index (χ0) is 26.2. The summed E-state index contributed by atoms with van der Waals surface area (Å²) in [6, 6.07) is 12.5. The van der Waals surface area contributed by atoms with E-state index in [1.54, 1.807) is 36.4 Å². The molecule has 0 aliphatic carbocycles. The van der Waals surface area contributed by atoms with E-state index in [4.69, 9.17) is 16.3 Å². The summed E-state index contributed by atoms with van der Waals surface area (Å²) in [5, 5.41) is 13.7. The highest BCUT2D eigenvalue weighted by molar-refractivity contribution is 9.10. The summed E-state index contributed by atoms with van der Waals surface area (Å²) in [6.07, 6.45) is -5.70. The second kappa shape index (κ2) is 13.0. The number of amides is 2. The highest BCUT2D eigenvalue weighted by atomic mass is 79.9. The molecule has 3 N–H and O–H groups in total. The molecule has 2 unspecified atom stereocenters. The van der Waals surface area contributed by atoms with Crippen LogP contribution >= 0.6 is 43.5 Å². The van der Waals surface area contributed by atoms with E-state index in [9.17, 15) is 32.3 Å². The molecule has 13 heteroatoms. The molecule has 6 nitrogen and oxygen atoms in total. The van der Waals surface area contributed by atoms with Gasteiger partial charge in [-0.2, -0.15) is 0 Å². The zero-order valence-electron chi connectivity index (χ0n) is 17.9. The first kappa shape index (κ1) is 29.5. The summed E-state index contributed by atoms with van der Waals surface area (Å²) in [6.45, 7) is -1.33. The van der Waals surface area contributed by atoms with Crippen LogP contribution in [0.15, 0.2) is 57.5 Å². The number of nitrogens with one attached hydrogen (secondary N) is 2. The van der Waals surface area contributed by atoms with Gasteiger partial charge in [-0.1, -0.05) is 56.1 Å². The Balaban J connectivity index is 0.000000247. The van der Waals surface area contributed by atoms with Crippen LogP contribution in [-0.2, 0) is 25.4 Å². The van der Waals surface area contributed by atoms with E-state index in [2.05, 4.69) is 42.5 Å². The standard InChI is InChI=1S/C11H11BrClF2NO2.C11H10BrF2NO2/c12-8-3-1-2-7(4-8)11(6-17,10(14)15)16-9(18)5-13;12-8-3-1-2-7(4-8)11(10(13)14)6-17-5-9(16)15-11/h1-4,10,17H,5-6H2,(H,16,18);1-4,10H,5-6H2,(H,15,16). The number of rotatable bonds is 7. The normalized spacial score (nSPS) is 19.4. The minimum absolute atomic E-state index is 0.104. The monoisotopic (exact) mass is 646 g/mol. The van der Waals surface area contributed by atoms with Gasteiger partial charge in [0.2, 0.25) is 11.8 Å². The molecule has 0 bridgehead atoms. The summed E-state index contributed by atoms with van der Waals surface area (Å²) in [5.41, 5.74) is -3.46. The van der Waals surface area contributed by atoms with Gasteiger partial charge in [-0.25, -0.2) is 17.6 Å². The van der Waals surface area contributed by atoms with Crippen LogP contribution < -0.4 is 10.6 Å². The Kier molecular flexibility index (Phi) is 11.0. The van der Waals surface area contributed by atoms with Crippen molar-refractivity contribution in [2.24, 2.45) is 0 Å². The summed E-state index contributed by atoms with van der Waals surface area (Å²) in [7, 11) is 0. The molecule has 3 rings (SSSR count). The molecule has 0 aromatic heterocycles. The average molecular weight is 649 g/mol. The molecule has 1 aliphatic heterocycles. The van der Waals surface area contributed by atoms with Crippen LogP contribution in [0, 0.1) is 0 Å². The maximum atomic E-state index is 13.3. The number of carbonyl (C=O) groups is 2. The third-order valence-electron chi connectivity index (χ3n) is 5.08. The van der Waals surface area contributed by atoms with Gasteiger partial charge in [0.1, 0.15) is 23.6 Å². The number of aliphatic hydroxyl groups excluding tert-OH is 1. The van der Waals surface area contributed by atoms with Gasteiger partial charge in [0.05, 0.1) is 13.2 Å². The van der Waals surface area contributed by atoms with Gasteiger partial charge >= 0.3 is 0 Å². The molecular formula is C22H21Br2ClF4N2O4. The van der Waals surface area contributed by atoms with Gasteiger partial charge in [0.15, 0.2) is 0 Å². The predicted molar refractivity (Wildman–Crippen MR) is 129 cm³/mol. The first-order chi connectivity index (χ1) is 16.5. The average Bonchev–Trinajstić information content (AvgIpc) is 2.82. The van der Waals surface area contributed by atoms with Gasteiger partial charge in [0.25, 0.3) is 12.9 Å². The first-order valence-corrected chi connectivity index (χ1v) is 12.1. The summed E-state index contributed by atoms with van der Waals surface area (Å²) in [5.74, 6) is -1.76. The molecule has 0 saturated carbocycles. The minimum Gasteiger partial charge on any atom is -0.393 e. The molecule has 1 heterocycles. The van der Waals surface area contributed by atoms with Crippen molar-refractivity contribution in [3.8, 4) is 0 Å². The van der Waals surface area contributed by atoms with Gasteiger partial charge < -0.3 is 20.5 Å². The Morgan fingerprint density at radius 2 is 1.80 bits per heavy atom. The largest absolute Gasteiger partial charge is 0.393 e. The molecule has 2 amide bonds. The number of ether oxygens (including phenoxy) is 1. The van der Waals surface area contributed by atoms with Crippen molar-refractivity contribution in [1.29, 1.82) is 0 Å². The highest BCUT2D eigenvalue weighted by Gasteiger charge is 2.46. The van der Waals surface area contributed by atoms with Crippen molar-refractivity contribution in [2.75, 3.05) is 25.7 Å². The molecule has 1 saturated heterocycles. The Morgan fingerprint density at radius 3 is 2.29 bits per heavy atom. The maximum Gasteiger partial charge on any atom is 0.267 e. The maximum absolute atomic E-state index is 13.3. The number of benzene rings is 2. The van der Waals surface area contributed by atoms with Crippen molar-refractivity contribution in [2.45, 2.75) is 23.9 Å². The van der Waals surface area contributed by atoms with E-state index < -0.39 is 48.2 Å². The molecule has 2 aromatic carbocycles. The number of hydrogen-bond donors (Lipinski definition) is 3. The third kappa shape index (κ3) is 7.16. The van der Waals surface area contributed by atoms with Crippen molar-refractivity contribution >= 4 is 55.3 Å². The number of aliphatic hydroxyl groups is 1. The number of halogens is 7. The highest BCUT2D eigenvalue weighted by Crippen LogP contribution is 2.32. The van der Waals surface area contributed by atoms with E-state index in [-0.39, 0.29) is 18.8 Å². The van der Waals surface area contributed by atoms with E-state index in [1.807, 2.05) is 0 Å². The van der Waals surface area contributed by atoms with Gasteiger partial charge in [-0.15, -0.1) is 11.6 Å². The molecule has 0 radical (unpaired) electrons. The van der Waals surface area contributed by atoms with Crippen molar-refractivity contribution < 1.29 is 37.0 Å². The Hall–Kier alpha value is -1.73. The molecular weight excluding hydrogens is 628 g/mol. The number of morpholine rings is 1. The molecule has 192 valence electrons. The second-order valence-electron chi connectivity index (χ2n) is 7.45. The second-order valence-corrected chi connectivity index (χ2v) is 9.54. The summed E-state index contributed by atoms with van der Waals surface area (Å²) >= 11 is 11.7. The smallest absolute Gasteiger partial charge is 0.267 e. The Morgan fingerprint density at radius 1 is 1.17 bits per heavy atom. The molecule has 1 fully saturated rings. The SMILES string of the molecule is O=C(CCl)NC(CO)(c1cccc(Br)c1)C(F)F.O=C1COCC(c2cccc(Br)c2)(C(F)F)N1.